The molecule has 84 valence electrons. The van der Waals surface area contributed by atoms with E-state index in [-0.39, 0.29) is 11.3 Å². The molecule has 0 saturated carbocycles. The summed E-state index contributed by atoms with van der Waals surface area (Å²) in [5.74, 6) is 0.287. The van der Waals surface area contributed by atoms with Crippen molar-refractivity contribution < 1.29 is 9.13 Å². The van der Waals surface area contributed by atoms with Gasteiger partial charge in [0, 0.05) is 0 Å². The van der Waals surface area contributed by atoms with Gasteiger partial charge in [-0.15, -0.1) is 0 Å². The lowest BCUT2D eigenvalue weighted by Gasteiger charge is -2.09. The number of rotatable bonds is 2. The van der Waals surface area contributed by atoms with Crippen molar-refractivity contribution in [1.29, 1.82) is 5.26 Å². The Labute approximate surface area is 98.9 Å². The molecule has 17 heavy (non-hydrogen) atoms. The van der Waals surface area contributed by atoms with Gasteiger partial charge in [0.25, 0.3) is 0 Å². The smallest absolute Gasteiger partial charge is 0.148 e. The molecule has 0 aromatic heterocycles. The summed E-state index contributed by atoms with van der Waals surface area (Å²) in [6.07, 6.45) is 0. The van der Waals surface area contributed by atoms with E-state index >= 15 is 0 Å². The number of nitrogens with zero attached hydrogens (tertiary/aromatic N) is 1. The Morgan fingerprint density at radius 3 is 2.47 bits per heavy atom. The number of benzene rings is 2. The van der Waals surface area contributed by atoms with Crippen LogP contribution >= 0.6 is 0 Å². The summed E-state index contributed by atoms with van der Waals surface area (Å²) < 4.78 is 18.9. The van der Waals surface area contributed by atoms with E-state index in [0.717, 1.165) is 5.56 Å². The molecule has 0 saturated heterocycles. The lowest BCUT2D eigenvalue weighted by molar-refractivity contribution is 0.471. The Balaban J connectivity index is 2.41. The van der Waals surface area contributed by atoms with Gasteiger partial charge in [0.05, 0.1) is 0 Å². The fourth-order valence-corrected chi connectivity index (χ4v) is 1.49. The highest BCUT2D eigenvalue weighted by Gasteiger charge is 2.10. The molecule has 0 N–H and O–H groups in total. The van der Waals surface area contributed by atoms with Crippen molar-refractivity contribution in [3.63, 3.8) is 0 Å². The van der Waals surface area contributed by atoms with Gasteiger partial charge in [0.1, 0.15) is 28.9 Å². The molecule has 0 aliphatic carbocycles. The van der Waals surface area contributed by atoms with Crippen molar-refractivity contribution in [1.82, 2.24) is 0 Å². The first-order valence-corrected chi connectivity index (χ1v) is 5.14. The second-order valence-electron chi connectivity index (χ2n) is 3.59. The Hall–Kier alpha value is -2.34. The maximum atomic E-state index is 13.4. The highest BCUT2D eigenvalue weighted by atomic mass is 19.1. The second kappa shape index (κ2) is 4.67. The lowest BCUT2D eigenvalue weighted by Crippen LogP contribution is -1.92. The molecule has 3 heteroatoms. The zero-order valence-corrected chi connectivity index (χ0v) is 9.27. The lowest BCUT2D eigenvalue weighted by atomic mass is 10.2. The molecule has 2 nitrogen and oxygen atoms in total. The minimum Gasteiger partial charge on any atom is -0.456 e. The summed E-state index contributed by atoms with van der Waals surface area (Å²) in [7, 11) is 0. The van der Waals surface area contributed by atoms with E-state index in [1.165, 1.54) is 12.1 Å². The van der Waals surface area contributed by atoms with Crippen LogP contribution < -0.4 is 4.74 Å². The normalized spacial score (nSPS) is 9.71. The van der Waals surface area contributed by atoms with Crippen LogP contribution in [0.3, 0.4) is 0 Å². The van der Waals surface area contributed by atoms with Crippen LogP contribution in [0.1, 0.15) is 11.1 Å². The van der Waals surface area contributed by atoms with E-state index in [0.29, 0.717) is 5.75 Å². The van der Waals surface area contributed by atoms with Crippen molar-refractivity contribution in [2.45, 2.75) is 6.92 Å². The van der Waals surface area contributed by atoms with Gasteiger partial charge in [0.15, 0.2) is 0 Å². The molecular weight excluding hydrogens is 217 g/mol. The van der Waals surface area contributed by atoms with E-state index in [1.54, 1.807) is 18.2 Å². The van der Waals surface area contributed by atoms with Gasteiger partial charge in [-0.2, -0.15) is 5.26 Å². The molecule has 0 heterocycles. The van der Waals surface area contributed by atoms with Gasteiger partial charge < -0.3 is 4.74 Å². The molecule has 0 unspecified atom stereocenters. The maximum Gasteiger partial charge on any atom is 0.148 e. The fourth-order valence-electron chi connectivity index (χ4n) is 1.49. The van der Waals surface area contributed by atoms with E-state index < -0.39 is 5.82 Å². The van der Waals surface area contributed by atoms with Crippen LogP contribution in [0.2, 0.25) is 0 Å². The van der Waals surface area contributed by atoms with E-state index in [1.807, 2.05) is 25.1 Å². The minimum atomic E-state index is -0.571. The van der Waals surface area contributed by atoms with Gasteiger partial charge in [-0.1, -0.05) is 24.3 Å². The molecule has 2 aromatic rings. The Kier molecular flexibility index (Phi) is 3.06. The zero-order chi connectivity index (χ0) is 12.3. The van der Waals surface area contributed by atoms with E-state index in [2.05, 4.69) is 0 Å². The zero-order valence-electron chi connectivity index (χ0n) is 9.27. The van der Waals surface area contributed by atoms with Crippen LogP contribution in [0.15, 0.2) is 42.5 Å². The molecule has 0 aliphatic rings. The summed E-state index contributed by atoms with van der Waals surface area (Å²) >= 11 is 0. The van der Waals surface area contributed by atoms with Crippen LogP contribution in [-0.2, 0) is 0 Å². The summed E-state index contributed by atoms with van der Waals surface area (Å²) in [5, 5.41) is 8.88. The Morgan fingerprint density at radius 1 is 1.06 bits per heavy atom. The van der Waals surface area contributed by atoms with Crippen LogP contribution in [0.25, 0.3) is 0 Å². The third kappa shape index (κ3) is 2.26. The summed E-state index contributed by atoms with van der Waals surface area (Å²) in [6.45, 7) is 1.89. The molecule has 0 atom stereocenters. The fraction of sp³-hybridized carbons (Fsp3) is 0.0714. The van der Waals surface area contributed by atoms with Gasteiger partial charge in [-0.25, -0.2) is 4.39 Å². The van der Waals surface area contributed by atoms with Crippen molar-refractivity contribution >= 4 is 0 Å². The van der Waals surface area contributed by atoms with E-state index in [4.69, 9.17) is 10.00 Å². The molecule has 0 bridgehead atoms. The van der Waals surface area contributed by atoms with Crippen LogP contribution in [0, 0.1) is 24.1 Å². The van der Waals surface area contributed by atoms with Crippen molar-refractivity contribution in [2.24, 2.45) is 0 Å². The summed E-state index contributed by atoms with van der Waals surface area (Å²) in [4.78, 5) is 0. The average molecular weight is 227 g/mol. The second-order valence-corrected chi connectivity index (χ2v) is 3.59. The highest BCUT2D eigenvalue weighted by molar-refractivity contribution is 5.47. The maximum absolute atomic E-state index is 13.4. The van der Waals surface area contributed by atoms with Gasteiger partial charge in [-0.3, -0.25) is 0 Å². The number of para-hydroxylation sites is 1. The van der Waals surface area contributed by atoms with Crippen LogP contribution in [-0.4, -0.2) is 0 Å². The topological polar surface area (TPSA) is 33.0 Å². The number of nitriles is 1. The number of hydrogen-bond acceptors (Lipinski definition) is 2. The first-order chi connectivity index (χ1) is 8.22. The molecule has 0 spiro atoms. The van der Waals surface area contributed by atoms with Crippen LogP contribution in [0.5, 0.6) is 11.5 Å². The van der Waals surface area contributed by atoms with Gasteiger partial charge in [-0.05, 0) is 30.7 Å². The third-order valence-corrected chi connectivity index (χ3v) is 2.40. The average Bonchev–Trinajstić information content (AvgIpc) is 2.32. The molecular formula is C14H10FNO. The number of hydrogen-bond donors (Lipinski definition) is 0. The highest BCUT2D eigenvalue weighted by Crippen LogP contribution is 2.28. The number of ether oxygens (including phenoxy) is 1. The summed E-state index contributed by atoms with van der Waals surface area (Å²) in [5.41, 5.74) is 0.858. The molecule has 2 rings (SSSR count). The Morgan fingerprint density at radius 2 is 1.76 bits per heavy atom. The minimum absolute atomic E-state index is 0.0734. The summed E-state index contributed by atoms with van der Waals surface area (Å²) in [6, 6.07) is 13.5. The molecule has 0 fully saturated rings. The third-order valence-electron chi connectivity index (χ3n) is 2.40. The Bertz CT molecular complexity index is 587. The predicted octanol–water partition coefficient (Wildman–Crippen LogP) is 3.80. The molecule has 0 radical (unpaired) electrons. The molecule has 0 aliphatic heterocycles. The van der Waals surface area contributed by atoms with Crippen LogP contribution in [0.4, 0.5) is 4.39 Å². The van der Waals surface area contributed by atoms with Gasteiger partial charge >= 0.3 is 0 Å². The molecule has 2 aromatic carbocycles. The van der Waals surface area contributed by atoms with Gasteiger partial charge in [0.2, 0.25) is 0 Å². The monoisotopic (exact) mass is 227 g/mol. The SMILES string of the molecule is Cc1ccccc1Oc1cccc(F)c1C#N. The number of aryl methyl sites for hydroxylation is 1. The first kappa shape index (κ1) is 11.2. The first-order valence-electron chi connectivity index (χ1n) is 5.14. The standard InChI is InChI=1S/C14H10FNO/c1-10-5-2-3-7-13(10)17-14-8-4-6-12(15)11(14)9-16/h2-8H,1H3. The largest absolute Gasteiger partial charge is 0.456 e. The number of halogens is 1. The van der Waals surface area contributed by atoms with Crippen molar-refractivity contribution in [3.8, 4) is 17.6 Å². The van der Waals surface area contributed by atoms with E-state index in [9.17, 15) is 4.39 Å². The molecule has 0 amide bonds. The van der Waals surface area contributed by atoms with Crippen molar-refractivity contribution in [2.75, 3.05) is 0 Å². The predicted molar refractivity (Wildman–Crippen MR) is 62.4 cm³/mol. The quantitative estimate of drug-likeness (QED) is 0.781. The van der Waals surface area contributed by atoms with Crippen molar-refractivity contribution in [3.05, 3.63) is 59.4 Å².